The maximum atomic E-state index is 13.2. The Hall–Kier alpha value is -7.37. The molecule has 5 heteroatoms. The highest BCUT2D eigenvalue weighted by atomic mass is 16.5. The second kappa shape index (κ2) is 19.8. The fraction of sp³-hybridized carbons (Fsp3) is 0.169. The highest BCUT2D eigenvalue weighted by molar-refractivity contribution is 6.09. The van der Waals surface area contributed by atoms with Crippen LogP contribution in [-0.2, 0) is 12.8 Å². The molecule has 5 nitrogen and oxygen atoms in total. The van der Waals surface area contributed by atoms with E-state index in [1.165, 1.54) is 16.7 Å². The molecule has 320 valence electrons. The minimum atomic E-state index is -0.0514. The van der Waals surface area contributed by atoms with Gasteiger partial charge in [0.1, 0.15) is 17.2 Å². The summed E-state index contributed by atoms with van der Waals surface area (Å²) >= 11 is 0. The van der Waals surface area contributed by atoms with Crippen LogP contribution in [0.5, 0.6) is 17.2 Å². The number of rotatable bonds is 16. The number of carbonyl (C=O) groups excluding carboxylic acids is 1. The first-order valence-electron chi connectivity index (χ1n) is 22.4. The van der Waals surface area contributed by atoms with Crippen LogP contribution in [0.25, 0.3) is 11.1 Å². The topological polar surface area (TPSA) is 42.0 Å². The second-order valence-electron chi connectivity index (χ2n) is 16.7. The van der Waals surface area contributed by atoms with Crippen LogP contribution in [0.15, 0.2) is 194 Å². The Balaban J connectivity index is 1.00. The summed E-state index contributed by atoms with van der Waals surface area (Å²) in [5.41, 5.74) is 13.9. The van der Waals surface area contributed by atoms with E-state index >= 15 is 0 Å². The number of hydrogen-bond donors (Lipinski definition) is 0. The lowest BCUT2D eigenvalue weighted by atomic mass is 10.0. The summed E-state index contributed by atoms with van der Waals surface area (Å²) in [6.45, 7) is 12.8. The molecular formula is C59H56N2O3. The van der Waals surface area contributed by atoms with E-state index in [-0.39, 0.29) is 11.9 Å². The van der Waals surface area contributed by atoms with Crippen molar-refractivity contribution in [3.63, 3.8) is 0 Å². The van der Waals surface area contributed by atoms with Gasteiger partial charge < -0.3 is 19.3 Å². The van der Waals surface area contributed by atoms with Crippen LogP contribution < -0.4 is 19.3 Å². The zero-order valence-corrected chi connectivity index (χ0v) is 37.7. The van der Waals surface area contributed by atoms with Crippen LogP contribution in [-0.4, -0.2) is 11.9 Å². The maximum Gasteiger partial charge on any atom is 0.193 e. The van der Waals surface area contributed by atoms with Gasteiger partial charge in [0.25, 0.3) is 0 Å². The van der Waals surface area contributed by atoms with E-state index in [0.29, 0.717) is 28.5 Å². The molecule has 0 saturated carbocycles. The highest BCUT2D eigenvalue weighted by Gasteiger charge is 2.17. The van der Waals surface area contributed by atoms with E-state index in [1.54, 1.807) is 24.3 Å². The molecule has 0 spiro atoms. The normalized spacial score (nSPS) is 11.1. The van der Waals surface area contributed by atoms with E-state index in [4.69, 9.17) is 9.47 Å². The van der Waals surface area contributed by atoms with Crippen LogP contribution in [0.3, 0.4) is 0 Å². The van der Waals surface area contributed by atoms with E-state index < -0.39 is 0 Å². The molecule has 8 rings (SSSR count). The third-order valence-electron chi connectivity index (χ3n) is 11.5. The van der Waals surface area contributed by atoms with Gasteiger partial charge in [-0.3, -0.25) is 4.79 Å². The molecule has 0 heterocycles. The van der Waals surface area contributed by atoms with Crippen molar-refractivity contribution in [3.05, 3.63) is 222 Å². The number of ether oxygens (including phenoxy) is 2. The lowest BCUT2D eigenvalue weighted by Gasteiger charge is -2.27. The molecule has 0 aliphatic heterocycles. The molecule has 8 aromatic carbocycles. The number of benzene rings is 8. The minimum Gasteiger partial charge on any atom is -0.491 e. The van der Waals surface area contributed by atoms with E-state index in [1.807, 2.05) is 50.2 Å². The Morgan fingerprint density at radius 3 is 1.06 bits per heavy atom. The maximum absolute atomic E-state index is 13.2. The lowest BCUT2D eigenvalue weighted by molar-refractivity contribution is 0.103. The Morgan fingerprint density at radius 2 is 0.719 bits per heavy atom. The Bertz CT molecular complexity index is 2740. The quantitative estimate of drug-likeness (QED) is 0.0907. The predicted octanol–water partition coefficient (Wildman–Crippen LogP) is 16.4. The van der Waals surface area contributed by atoms with Gasteiger partial charge in [-0.05, 0) is 194 Å². The summed E-state index contributed by atoms with van der Waals surface area (Å²) in [5.74, 6) is 2.52. The fourth-order valence-corrected chi connectivity index (χ4v) is 7.87. The number of aryl methyl sites for hydroxylation is 2. The van der Waals surface area contributed by atoms with Crippen molar-refractivity contribution in [1.82, 2.24) is 0 Å². The lowest BCUT2D eigenvalue weighted by Crippen LogP contribution is -2.10. The standard InChI is InChI=1S/C59H56N2O3/c1-7-43-9-23-50(24-10-43)60(52-27-13-45(14-28-52)41(3)4)53-29-15-46(16-30-53)47-17-31-54(32-18-47)61(51-25-11-44(8-2)12-26-51)55-33-39-58(40-34-55)64-57-37-21-49(22-38-57)59(62)48-19-35-56(36-20-48)63-42(5)6/h9-42H,7-8H2,1-6H3. The Labute approximate surface area is 379 Å². The van der Waals surface area contributed by atoms with Crippen molar-refractivity contribution < 1.29 is 14.3 Å². The molecular weight excluding hydrogens is 785 g/mol. The summed E-state index contributed by atoms with van der Waals surface area (Å²) in [7, 11) is 0. The van der Waals surface area contributed by atoms with Gasteiger partial charge in [-0.2, -0.15) is 0 Å². The Kier molecular flexibility index (Phi) is 13.4. The first kappa shape index (κ1) is 43.3. The predicted molar refractivity (Wildman–Crippen MR) is 266 cm³/mol. The Morgan fingerprint density at radius 1 is 0.406 bits per heavy atom. The van der Waals surface area contributed by atoms with Crippen molar-refractivity contribution >= 4 is 39.9 Å². The van der Waals surface area contributed by atoms with Crippen LogP contribution in [0, 0.1) is 0 Å². The largest absolute Gasteiger partial charge is 0.491 e. The summed E-state index contributed by atoms with van der Waals surface area (Å²) in [5, 5.41) is 0. The van der Waals surface area contributed by atoms with Gasteiger partial charge in [-0.1, -0.05) is 88.4 Å². The molecule has 64 heavy (non-hydrogen) atoms. The molecule has 0 N–H and O–H groups in total. The monoisotopic (exact) mass is 840 g/mol. The van der Waals surface area contributed by atoms with E-state index in [2.05, 4.69) is 171 Å². The average Bonchev–Trinajstić information content (AvgIpc) is 3.33. The van der Waals surface area contributed by atoms with Crippen molar-refractivity contribution in [2.75, 3.05) is 9.80 Å². The summed E-state index contributed by atoms with van der Waals surface area (Å²) < 4.78 is 12.0. The van der Waals surface area contributed by atoms with Crippen molar-refractivity contribution in [2.45, 2.75) is 66.4 Å². The van der Waals surface area contributed by atoms with Crippen molar-refractivity contribution in [3.8, 4) is 28.4 Å². The van der Waals surface area contributed by atoms with Gasteiger partial charge in [0.15, 0.2) is 5.78 Å². The molecule has 8 aromatic rings. The van der Waals surface area contributed by atoms with Gasteiger partial charge >= 0.3 is 0 Å². The number of anilines is 6. The minimum absolute atomic E-state index is 0.0514. The molecule has 0 aromatic heterocycles. The number of ketones is 1. The van der Waals surface area contributed by atoms with Gasteiger partial charge in [0.05, 0.1) is 6.10 Å². The highest BCUT2D eigenvalue weighted by Crippen LogP contribution is 2.39. The number of hydrogen-bond acceptors (Lipinski definition) is 5. The van der Waals surface area contributed by atoms with E-state index in [9.17, 15) is 4.79 Å². The molecule has 0 amide bonds. The SMILES string of the molecule is CCc1ccc(N(c2ccc(Oc3ccc(C(=O)c4ccc(OC(C)C)cc4)cc3)cc2)c2ccc(-c3ccc(N(c4ccc(CC)cc4)c4ccc(C(C)C)cc4)cc3)cc2)cc1. The van der Waals surface area contributed by atoms with Crippen LogP contribution >= 0.6 is 0 Å². The third kappa shape index (κ3) is 10.1. The van der Waals surface area contributed by atoms with Crippen LogP contribution in [0.4, 0.5) is 34.1 Å². The number of nitrogens with zero attached hydrogens (tertiary/aromatic N) is 2. The van der Waals surface area contributed by atoms with Gasteiger partial charge in [-0.15, -0.1) is 0 Å². The third-order valence-corrected chi connectivity index (χ3v) is 11.5. The molecule has 0 bridgehead atoms. The van der Waals surface area contributed by atoms with Crippen molar-refractivity contribution in [2.24, 2.45) is 0 Å². The second-order valence-corrected chi connectivity index (χ2v) is 16.7. The molecule has 0 fully saturated rings. The molecule has 0 unspecified atom stereocenters. The summed E-state index contributed by atoms with van der Waals surface area (Å²) in [4.78, 5) is 17.8. The van der Waals surface area contributed by atoms with Gasteiger partial charge in [-0.25, -0.2) is 0 Å². The molecule has 0 saturated heterocycles. The van der Waals surface area contributed by atoms with Crippen molar-refractivity contribution in [1.29, 1.82) is 0 Å². The van der Waals surface area contributed by atoms with Gasteiger partial charge in [0.2, 0.25) is 0 Å². The summed E-state index contributed by atoms with van der Waals surface area (Å²) in [6, 6.07) is 66.9. The molecule has 0 aliphatic rings. The zero-order chi connectivity index (χ0) is 44.6. The average molecular weight is 841 g/mol. The van der Waals surface area contributed by atoms with Crippen LogP contribution in [0.2, 0.25) is 0 Å². The molecule has 0 radical (unpaired) electrons. The smallest absolute Gasteiger partial charge is 0.193 e. The molecule has 0 aliphatic carbocycles. The first-order chi connectivity index (χ1) is 31.1. The summed E-state index contributed by atoms with van der Waals surface area (Å²) in [6.07, 6.45) is 2.06. The number of carbonyl (C=O) groups is 1. The fourth-order valence-electron chi connectivity index (χ4n) is 7.87. The first-order valence-corrected chi connectivity index (χ1v) is 22.4. The molecule has 0 atom stereocenters. The van der Waals surface area contributed by atoms with Gasteiger partial charge in [0, 0.05) is 45.3 Å². The van der Waals surface area contributed by atoms with E-state index in [0.717, 1.165) is 63.8 Å². The van der Waals surface area contributed by atoms with Crippen LogP contribution in [0.1, 0.15) is 80.1 Å². The zero-order valence-electron chi connectivity index (χ0n) is 37.7.